The van der Waals surface area contributed by atoms with Gasteiger partial charge in [0.1, 0.15) is 5.75 Å². The minimum atomic E-state index is 0. The Morgan fingerprint density at radius 3 is 2.65 bits per heavy atom. The Bertz CT molecular complexity index is 561. The number of amidine groups is 1. The SMILES string of the molecule is Br.Br.COc1ccc(CN=C(N)SCCCc2cnc[nH]2)cc1. The zero-order valence-corrected chi connectivity index (χ0v) is 17.1. The van der Waals surface area contributed by atoms with Crippen molar-refractivity contribution in [1.29, 1.82) is 0 Å². The first kappa shape index (κ1) is 22.0. The maximum absolute atomic E-state index is 5.91. The van der Waals surface area contributed by atoms with Crippen LogP contribution in [0.25, 0.3) is 0 Å². The second kappa shape index (κ2) is 12.4. The van der Waals surface area contributed by atoms with Crippen molar-refractivity contribution in [1.82, 2.24) is 9.97 Å². The Balaban J connectivity index is 0.00000242. The van der Waals surface area contributed by atoms with Crippen molar-refractivity contribution >= 4 is 50.9 Å². The minimum absolute atomic E-state index is 0. The molecule has 5 nitrogen and oxygen atoms in total. The van der Waals surface area contributed by atoms with E-state index in [9.17, 15) is 0 Å². The largest absolute Gasteiger partial charge is 0.497 e. The molecule has 0 saturated carbocycles. The zero-order chi connectivity index (χ0) is 14.9. The number of rotatable bonds is 7. The van der Waals surface area contributed by atoms with Gasteiger partial charge in [0.25, 0.3) is 0 Å². The molecule has 8 heteroatoms. The number of aromatic nitrogens is 2. The average Bonchev–Trinajstić information content (AvgIpc) is 3.03. The van der Waals surface area contributed by atoms with Crippen LogP contribution in [0, 0.1) is 0 Å². The highest BCUT2D eigenvalue weighted by molar-refractivity contribution is 8.93. The maximum Gasteiger partial charge on any atom is 0.154 e. The highest BCUT2D eigenvalue weighted by Gasteiger charge is 1.98. The van der Waals surface area contributed by atoms with E-state index in [0.717, 1.165) is 35.6 Å². The minimum Gasteiger partial charge on any atom is -0.497 e. The lowest BCUT2D eigenvalue weighted by Gasteiger charge is -2.03. The molecule has 3 N–H and O–H groups in total. The number of nitrogens with one attached hydrogen (secondary N) is 1. The van der Waals surface area contributed by atoms with Gasteiger partial charge >= 0.3 is 0 Å². The molecular formula is C15H22Br2N4OS. The summed E-state index contributed by atoms with van der Waals surface area (Å²) in [5.41, 5.74) is 8.18. The van der Waals surface area contributed by atoms with Gasteiger partial charge in [-0.25, -0.2) is 4.98 Å². The fourth-order valence-electron chi connectivity index (χ4n) is 1.81. The molecule has 0 spiro atoms. The van der Waals surface area contributed by atoms with Crippen molar-refractivity contribution in [2.75, 3.05) is 12.9 Å². The third-order valence-corrected chi connectivity index (χ3v) is 3.89. The summed E-state index contributed by atoms with van der Waals surface area (Å²) in [5, 5.41) is 0.635. The number of imidazole rings is 1. The molecule has 2 aromatic rings. The van der Waals surface area contributed by atoms with Crippen LogP contribution in [0.3, 0.4) is 0 Å². The van der Waals surface area contributed by atoms with Crippen LogP contribution < -0.4 is 10.5 Å². The molecule has 1 aromatic carbocycles. The molecule has 1 heterocycles. The van der Waals surface area contributed by atoms with Gasteiger partial charge in [0.2, 0.25) is 0 Å². The van der Waals surface area contributed by atoms with Gasteiger partial charge in [-0.1, -0.05) is 23.9 Å². The van der Waals surface area contributed by atoms with Gasteiger partial charge in [0.05, 0.1) is 20.0 Å². The summed E-state index contributed by atoms with van der Waals surface area (Å²) in [6.45, 7) is 0.601. The predicted octanol–water partition coefficient (Wildman–Crippen LogP) is 3.75. The van der Waals surface area contributed by atoms with Gasteiger partial charge < -0.3 is 15.5 Å². The molecule has 128 valence electrons. The van der Waals surface area contributed by atoms with E-state index in [2.05, 4.69) is 15.0 Å². The van der Waals surface area contributed by atoms with Gasteiger partial charge in [0, 0.05) is 17.6 Å². The van der Waals surface area contributed by atoms with E-state index in [1.54, 1.807) is 25.2 Å². The standard InChI is InChI=1S/C15H20N4OS.2BrH/c1-20-14-6-4-12(5-7-14)9-18-15(16)21-8-2-3-13-10-17-11-19-13;;/h4-7,10-11H,2-3,8-9H2,1H3,(H2,16,18)(H,17,19);2*1H. The van der Waals surface area contributed by atoms with Crippen LogP contribution in [0.2, 0.25) is 0 Å². The molecule has 0 aliphatic rings. The van der Waals surface area contributed by atoms with Crippen molar-refractivity contribution in [2.45, 2.75) is 19.4 Å². The number of benzene rings is 1. The van der Waals surface area contributed by atoms with Crippen molar-refractivity contribution in [2.24, 2.45) is 10.7 Å². The van der Waals surface area contributed by atoms with Crippen molar-refractivity contribution in [3.05, 3.63) is 48.0 Å². The Labute approximate surface area is 162 Å². The fourth-order valence-corrected chi connectivity index (χ4v) is 2.46. The molecule has 23 heavy (non-hydrogen) atoms. The summed E-state index contributed by atoms with van der Waals surface area (Å²) in [4.78, 5) is 11.5. The van der Waals surface area contributed by atoms with Crippen LogP contribution in [0.4, 0.5) is 0 Å². The van der Waals surface area contributed by atoms with Crippen LogP contribution in [-0.4, -0.2) is 28.0 Å². The summed E-state index contributed by atoms with van der Waals surface area (Å²) < 4.78 is 5.12. The Morgan fingerprint density at radius 2 is 2.04 bits per heavy atom. The van der Waals surface area contributed by atoms with Gasteiger partial charge in [-0.15, -0.1) is 34.0 Å². The number of hydrogen-bond donors (Lipinski definition) is 2. The third kappa shape index (κ3) is 8.43. The first-order valence-corrected chi connectivity index (χ1v) is 7.79. The Hall–Kier alpha value is -0.990. The van der Waals surface area contributed by atoms with E-state index in [1.165, 1.54) is 0 Å². The highest BCUT2D eigenvalue weighted by Crippen LogP contribution is 2.13. The van der Waals surface area contributed by atoms with Crippen LogP contribution >= 0.6 is 45.7 Å². The molecule has 0 aliphatic carbocycles. The lowest BCUT2D eigenvalue weighted by molar-refractivity contribution is 0.414. The number of H-pyrrole nitrogens is 1. The summed E-state index contributed by atoms with van der Waals surface area (Å²) in [6.07, 6.45) is 5.59. The molecule has 0 aliphatic heterocycles. The predicted molar refractivity (Wildman–Crippen MR) is 108 cm³/mol. The van der Waals surface area contributed by atoms with Gasteiger partial charge in [-0.2, -0.15) is 0 Å². The first-order chi connectivity index (χ1) is 10.3. The monoisotopic (exact) mass is 464 g/mol. The molecule has 0 fully saturated rings. The Morgan fingerprint density at radius 1 is 1.30 bits per heavy atom. The van der Waals surface area contributed by atoms with Crippen molar-refractivity contribution < 1.29 is 4.74 Å². The normalized spacial score (nSPS) is 10.6. The average molecular weight is 466 g/mol. The molecular weight excluding hydrogens is 444 g/mol. The fraction of sp³-hybridized carbons (Fsp3) is 0.333. The van der Waals surface area contributed by atoms with Crippen LogP contribution in [0.1, 0.15) is 17.7 Å². The number of ether oxygens (including phenoxy) is 1. The number of aryl methyl sites for hydroxylation is 1. The van der Waals surface area contributed by atoms with Gasteiger partial charge in [0.15, 0.2) is 5.17 Å². The summed E-state index contributed by atoms with van der Waals surface area (Å²) in [5.74, 6) is 1.81. The topological polar surface area (TPSA) is 76.3 Å². The zero-order valence-electron chi connectivity index (χ0n) is 12.9. The number of hydrogen-bond acceptors (Lipinski definition) is 4. The molecule has 0 amide bonds. The number of aromatic amines is 1. The molecule has 0 saturated heterocycles. The molecule has 0 unspecified atom stereocenters. The molecule has 0 radical (unpaired) electrons. The Kier molecular flexibility index (Phi) is 11.9. The van der Waals surface area contributed by atoms with E-state index >= 15 is 0 Å². The molecule has 0 bridgehead atoms. The lowest BCUT2D eigenvalue weighted by Crippen LogP contribution is -2.08. The van der Waals surface area contributed by atoms with E-state index in [1.807, 2.05) is 30.5 Å². The van der Waals surface area contributed by atoms with Crippen molar-refractivity contribution in [3.8, 4) is 5.75 Å². The second-order valence-electron chi connectivity index (χ2n) is 4.53. The van der Waals surface area contributed by atoms with Gasteiger partial charge in [-0.3, -0.25) is 4.99 Å². The number of thioether (sulfide) groups is 1. The number of nitrogens with two attached hydrogens (primary N) is 1. The number of halogens is 2. The number of aliphatic imine (C=N–C) groups is 1. The van der Waals surface area contributed by atoms with E-state index < -0.39 is 0 Å². The van der Waals surface area contributed by atoms with E-state index in [-0.39, 0.29) is 34.0 Å². The maximum atomic E-state index is 5.91. The lowest BCUT2D eigenvalue weighted by atomic mass is 10.2. The first-order valence-electron chi connectivity index (χ1n) is 6.81. The summed E-state index contributed by atoms with van der Waals surface area (Å²) >= 11 is 1.59. The molecule has 0 atom stereocenters. The third-order valence-electron chi connectivity index (χ3n) is 2.97. The second-order valence-corrected chi connectivity index (χ2v) is 5.65. The number of nitrogens with zero attached hydrogens (tertiary/aromatic N) is 2. The van der Waals surface area contributed by atoms with E-state index in [4.69, 9.17) is 10.5 Å². The molecule has 2 rings (SSSR count). The highest BCUT2D eigenvalue weighted by atomic mass is 79.9. The summed E-state index contributed by atoms with van der Waals surface area (Å²) in [7, 11) is 1.66. The van der Waals surface area contributed by atoms with E-state index in [0.29, 0.717) is 11.7 Å². The quantitative estimate of drug-likeness (QED) is 0.370. The van der Waals surface area contributed by atoms with Crippen molar-refractivity contribution in [3.63, 3.8) is 0 Å². The summed E-state index contributed by atoms with van der Waals surface area (Å²) in [6, 6.07) is 7.86. The van der Waals surface area contributed by atoms with Crippen LogP contribution in [0.15, 0.2) is 41.8 Å². The molecule has 1 aromatic heterocycles. The van der Waals surface area contributed by atoms with Crippen LogP contribution in [0.5, 0.6) is 5.75 Å². The van der Waals surface area contributed by atoms with Gasteiger partial charge in [-0.05, 0) is 30.5 Å². The van der Waals surface area contributed by atoms with Crippen LogP contribution in [-0.2, 0) is 13.0 Å². The number of methoxy groups -OCH3 is 1. The smallest absolute Gasteiger partial charge is 0.154 e.